The highest BCUT2D eigenvalue weighted by atomic mass is 79.9. The molecule has 0 amide bonds. The molecule has 0 aliphatic heterocycles. The quantitative estimate of drug-likeness (QED) is 0.870. The van der Waals surface area contributed by atoms with Gasteiger partial charge in [0.25, 0.3) is 5.56 Å². The van der Waals surface area contributed by atoms with Crippen molar-refractivity contribution in [2.45, 2.75) is 6.42 Å². The van der Waals surface area contributed by atoms with Gasteiger partial charge in [-0.15, -0.1) is 0 Å². The van der Waals surface area contributed by atoms with Gasteiger partial charge in [-0.3, -0.25) is 9.59 Å². The molecule has 0 saturated heterocycles. The molecule has 0 radical (unpaired) electrons. The maximum atomic E-state index is 11.6. The summed E-state index contributed by atoms with van der Waals surface area (Å²) in [6, 6.07) is 5.06. The van der Waals surface area contributed by atoms with Gasteiger partial charge in [-0.25, -0.2) is 4.98 Å². The number of hydrogen-bond donors (Lipinski definition) is 2. The number of nitrogens with one attached hydrogen (secondary N) is 1. The molecule has 0 bridgehead atoms. The van der Waals surface area contributed by atoms with Gasteiger partial charge in [0.2, 0.25) is 0 Å². The lowest BCUT2D eigenvalue weighted by Crippen LogP contribution is -2.14. The number of carboxylic acids is 1. The van der Waals surface area contributed by atoms with E-state index in [9.17, 15) is 9.59 Å². The Morgan fingerprint density at radius 2 is 2.25 bits per heavy atom. The molecular weight excluding hydrogens is 276 g/mol. The van der Waals surface area contributed by atoms with Crippen molar-refractivity contribution in [3.8, 4) is 0 Å². The molecular formula is C10H7BrN2O3. The average Bonchev–Trinajstić information content (AvgIpc) is 2.18. The first-order valence-corrected chi connectivity index (χ1v) is 5.26. The molecule has 82 valence electrons. The first kappa shape index (κ1) is 10.8. The van der Waals surface area contributed by atoms with Crippen LogP contribution in [0.3, 0.4) is 0 Å². The molecule has 0 atom stereocenters. The zero-order valence-electron chi connectivity index (χ0n) is 8.03. The number of hydrogen-bond acceptors (Lipinski definition) is 3. The first-order chi connectivity index (χ1) is 7.56. The van der Waals surface area contributed by atoms with Crippen LogP contribution in [0.25, 0.3) is 10.9 Å². The Labute approximate surface area is 98.3 Å². The third kappa shape index (κ3) is 2.11. The third-order valence-corrected chi connectivity index (χ3v) is 2.53. The Morgan fingerprint density at radius 1 is 1.50 bits per heavy atom. The monoisotopic (exact) mass is 282 g/mol. The van der Waals surface area contributed by atoms with E-state index in [0.29, 0.717) is 10.9 Å². The summed E-state index contributed by atoms with van der Waals surface area (Å²) < 4.78 is 0.776. The summed E-state index contributed by atoms with van der Waals surface area (Å²) in [6.07, 6.45) is -0.290. The van der Waals surface area contributed by atoms with Gasteiger partial charge in [-0.1, -0.05) is 15.9 Å². The minimum absolute atomic E-state index is 0.160. The lowest BCUT2D eigenvalue weighted by atomic mass is 10.2. The smallest absolute Gasteiger partial charge is 0.311 e. The molecule has 5 nitrogen and oxygen atoms in total. The maximum absolute atomic E-state index is 11.6. The van der Waals surface area contributed by atoms with Gasteiger partial charge in [0.1, 0.15) is 12.2 Å². The van der Waals surface area contributed by atoms with Crippen molar-refractivity contribution < 1.29 is 9.90 Å². The topological polar surface area (TPSA) is 83.0 Å². The van der Waals surface area contributed by atoms with Crippen LogP contribution < -0.4 is 5.56 Å². The second-order valence-electron chi connectivity index (χ2n) is 3.24. The number of rotatable bonds is 2. The Bertz CT molecular complexity index is 621. The van der Waals surface area contributed by atoms with Gasteiger partial charge < -0.3 is 10.1 Å². The van der Waals surface area contributed by atoms with Crippen molar-refractivity contribution in [1.29, 1.82) is 0 Å². The van der Waals surface area contributed by atoms with Crippen molar-refractivity contribution in [2.24, 2.45) is 0 Å². The second kappa shape index (κ2) is 4.05. The van der Waals surface area contributed by atoms with Gasteiger partial charge in [0.05, 0.1) is 10.9 Å². The molecule has 2 rings (SSSR count). The van der Waals surface area contributed by atoms with Gasteiger partial charge in [-0.05, 0) is 18.2 Å². The molecule has 16 heavy (non-hydrogen) atoms. The molecule has 0 spiro atoms. The van der Waals surface area contributed by atoms with Crippen molar-refractivity contribution in [1.82, 2.24) is 9.97 Å². The van der Waals surface area contributed by atoms with Crippen LogP contribution in [-0.2, 0) is 11.2 Å². The molecule has 1 aromatic carbocycles. The van der Waals surface area contributed by atoms with Crippen molar-refractivity contribution in [2.75, 3.05) is 0 Å². The van der Waals surface area contributed by atoms with Crippen molar-refractivity contribution in [3.05, 3.63) is 38.9 Å². The van der Waals surface area contributed by atoms with Crippen LogP contribution >= 0.6 is 15.9 Å². The third-order valence-electron chi connectivity index (χ3n) is 2.04. The van der Waals surface area contributed by atoms with E-state index < -0.39 is 5.97 Å². The van der Waals surface area contributed by atoms with E-state index in [-0.39, 0.29) is 17.8 Å². The van der Waals surface area contributed by atoms with Crippen LogP contribution in [0.1, 0.15) is 5.82 Å². The normalized spacial score (nSPS) is 10.6. The van der Waals surface area contributed by atoms with E-state index in [0.717, 1.165) is 4.47 Å². The van der Waals surface area contributed by atoms with Crippen molar-refractivity contribution >= 4 is 32.8 Å². The molecule has 0 fully saturated rings. The van der Waals surface area contributed by atoms with E-state index in [1.54, 1.807) is 18.2 Å². The molecule has 1 heterocycles. The predicted octanol–water partition coefficient (Wildman–Crippen LogP) is 1.31. The standard InChI is InChI=1S/C10H7BrN2O3/c11-5-1-2-7-6(3-5)10(16)13-8(12-7)4-9(14)15/h1-3H,4H2,(H,14,15)(H,12,13,16). The van der Waals surface area contributed by atoms with Crippen molar-refractivity contribution in [3.63, 3.8) is 0 Å². The number of nitrogens with zero attached hydrogens (tertiary/aromatic N) is 1. The fourth-order valence-corrected chi connectivity index (χ4v) is 1.75. The number of fused-ring (bicyclic) bond motifs is 1. The Morgan fingerprint density at radius 3 is 2.94 bits per heavy atom. The van der Waals surface area contributed by atoms with Gasteiger partial charge in [0.15, 0.2) is 0 Å². The average molecular weight is 283 g/mol. The SMILES string of the molecule is O=C(O)Cc1nc2ccc(Br)cc2c(=O)[nH]1. The number of halogens is 1. The lowest BCUT2D eigenvalue weighted by molar-refractivity contribution is -0.136. The number of aromatic amines is 1. The predicted molar refractivity (Wildman–Crippen MR) is 61.4 cm³/mol. The van der Waals surface area contributed by atoms with E-state index >= 15 is 0 Å². The summed E-state index contributed by atoms with van der Waals surface area (Å²) in [5.41, 5.74) is 0.158. The molecule has 6 heteroatoms. The Hall–Kier alpha value is -1.69. The number of carboxylic acid groups (broad SMARTS) is 1. The molecule has 2 aromatic rings. The zero-order valence-corrected chi connectivity index (χ0v) is 9.61. The number of aromatic nitrogens is 2. The minimum Gasteiger partial charge on any atom is -0.481 e. The zero-order chi connectivity index (χ0) is 11.7. The fourth-order valence-electron chi connectivity index (χ4n) is 1.39. The van der Waals surface area contributed by atoms with Crippen LogP contribution in [0, 0.1) is 0 Å². The minimum atomic E-state index is -1.03. The maximum Gasteiger partial charge on any atom is 0.311 e. The molecule has 0 saturated carbocycles. The summed E-state index contributed by atoms with van der Waals surface area (Å²) in [5.74, 6) is -0.869. The fraction of sp³-hybridized carbons (Fsp3) is 0.100. The summed E-state index contributed by atoms with van der Waals surface area (Å²) in [7, 11) is 0. The van der Waals surface area contributed by atoms with Crippen LogP contribution in [0.2, 0.25) is 0 Å². The van der Waals surface area contributed by atoms with E-state index in [2.05, 4.69) is 25.9 Å². The summed E-state index contributed by atoms with van der Waals surface area (Å²) in [5, 5.41) is 9.04. The molecule has 0 aliphatic rings. The highest BCUT2D eigenvalue weighted by Gasteiger charge is 2.07. The van der Waals surface area contributed by atoms with Gasteiger partial charge >= 0.3 is 5.97 Å². The molecule has 0 unspecified atom stereocenters. The number of H-pyrrole nitrogens is 1. The van der Waals surface area contributed by atoms with Crippen LogP contribution in [0.5, 0.6) is 0 Å². The summed E-state index contributed by atoms with van der Waals surface area (Å²) in [6.45, 7) is 0. The largest absolute Gasteiger partial charge is 0.481 e. The first-order valence-electron chi connectivity index (χ1n) is 4.46. The molecule has 0 aliphatic carbocycles. The van der Waals surface area contributed by atoms with Crippen LogP contribution in [-0.4, -0.2) is 21.0 Å². The van der Waals surface area contributed by atoms with E-state index in [1.165, 1.54) is 0 Å². The Balaban J connectivity index is 2.64. The number of aliphatic carboxylic acids is 1. The highest BCUT2D eigenvalue weighted by molar-refractivity contribution is 9.10. The van der Waals surface area contributed by atoms with Crippen LogP contribution in [0.15, 0.2) is 27.5 Å². The number of benzene rings is 1. The summed E-state index contributed by atoms with van der Waals surface area (Å²) >= 11 is 3.25. The number of carbonyl (C=O) groups is 1. The second-order valence-corrected chi connectivity index (χ2v) is 4.16. The lowest BCUT2D eigenvalue weighted by Gasteiger charge is -2.00. The summed E-state index contributed by atoms with van der Waals surface area (Å²) in [4.78, 5) is 28.6. The highest BCUT2D eigenvalue weighted by Crippen LogP contribution is 2.15. The van der Waals surface area contributed by atoms with Crippen LogP contribution in [0.4, 0.5) is 0 Å². The molecule has 2 N–H and O–H groups in total. The van der Waals surface area contributed by atoms with Gasteiger partial charge in [0, 0.05) is 4.47 Å². The molecule has 1 aromatic heterocycles. The van der Waals surface area contributed by atoms with E-state index in [4.69, 9.17) is 5.11 Å². The Kier molecular flexibility index (Phi) is 2.74. The van der Waals surface area contributed by atoms with E-state index in [1.807, 2.05) is 0 Å². The van der Waals surface area contributed by atoms with Gasteiger partial charge in [-0.2, -0.15) is 0 Å².